The summed E-state index contributed by atoms with van der Waals surface area (Å²) in [4.78, 5) is 0. The molecule has 1 nitrogen and oxygen atoms in total. The first-order chi connectivity index (χ1) is 6.84. The topological polar surface area (TPSA) is 20.2 Å². The van der Waals surface area contributed by atoms with Gasteiger partial charge in [0.25, 0.3) is 0 Å². The van der Waals surface area contributed by atoms with Crippen LogP contribution in [0.3, 0.4) is 0 Å². The molecule has 1 N–H and O–H groups in total. The maximum atomic E-state index is 9.47. The second-order valence-corrected chi connectivity index (χ2v) is 4.02. The fourth-order valence-corrected chi connectivity index (χ4v) is 2.06. The van der Waals surface area contributed by atoms with Crippen LogP contribution in [0.4, 0.5) is 0 Å². The molecular weight excluding hydrogens is 172 g/mol. The van der Waals surface area contributed by atoms with Gasteiger partial charge in [0.15, 0.2) is 0 Å². The zero-order valence-electron chi connectivity index (χ0n) is 8.26. The van der Waals surface area contributed by atoms with Gasteiger partial charge < -0.3 is 5.11 Å². The van der Waals surface area contributed by atoms with E-state index in [1.165, 1.54) is 5.56 Å². The lowest BCUT2D eigenvalue weighted by molar-refractivity contribution is 0.178. The van der Waals surface area contributed by atoms with Gasteiger partial charge in [-0.1, -0.05) is 42.5 Å². The zero-order valence-corrected chi connectivity index (χ0v) is 8.26. The largest absolute Gasteiger partial charge is 0.389 e. The average molecular weight is 188 g/mol. The number of rotatable bonds is 2. The maximum Gasteiger partial charge on any atom is 0.0723 e. The molecule has 0 heterocycles. The van der Waals surface area contributed by atoms with E-state index >= 15 is 0 Å². The van der Waals surface area contributed by atoms with Gasteiger partial charge in [0, 0.05) is 0 Å². The molecule has 1 aliphatic rings. The molecule has 0 aliphatic heterocycles. The van der Waals surface area contributed by atoms with E-state index in [1.807, 2.05) is 12.1 Å². The molecule has 1 aromatic rings. The molecule has 74 valence electrons. The van der Waals surface area contributed by atoms with Crippen molar-refractivity contribution >= 4 is 0 Å². The van der Waals surface area contributed by atoms with Crippen LogP contribution < -0.4 is 0 Å². The van der Waals surface area contributed by atoms with Crippen molar-refractivity contribution in [3.05, 3.63) is 48.0 Å². The maximum absolute atomic E-state index is 9.47. The highest BCUT2D eigenvalue weighted by Crippen LogP contribution is 2.22. The molecule has 0 amide bonds. The Morgan fingerprint density at radius 2 is 2.00 bits per heavy atom. The molecule has 0 aromatic heterocycles. The Bertz CT molecular complexity index is 302. The number of hydrogen-bond acceptors (Lipinski definition) is 1. The summed E-state index contributed by atoms with van der Waals surface area (Å²) in [5, 5.41) is 9.47. The van der Waals surface area contributed by atoms with Gasteiger partial charge in [-0.25, -0.2) is 0 Å². The highest BCUT2D eigenvalue weighted by molar-refractivity contribution is 5.16. The molecule has 0 bridgehead atoms. The highest BCUT2D eigenvalue weighted by Gasteiger charge is 2.15. The van der Waals surface area contributed by atoms with Gasteiger partial charge in [0.05, 0.1) is 6.10 Å². The van der Waals surface area contributed by atoms with Gasteiger partial charge >= 0.3 is 0 Å². The van der Waals surface area contributed by atoms with Crippen LogP contribution in [-0.2, 0) is 6.42 Å². The van der Waals surface area contributed by atoms with Crippen molar-refractivity contribution in [3.8, 4) is 0 Å². The van der Waals surface area contributed by atoms with Crippen LogP contribution >= 0.6 is 0 Å². The Hall–Kier alpha value is -1.08. The Morgan fingerprint density at radius 3 is 2.71 bits per heavy atom. The first-order valence-corrected chi connectivity index (χ1v) is 5.23. The second kappa shape index (κ2) is 4.43. The van der Waals surface area contributed by atoms with Crippen molar-refractivity contribution in [1.29, 1.82) is 0 Å². The fraction of sp³-hybridized carbons (Fsp3) is 0.385. The van der Waals surface area contributed by atoms with E-state index in [1.54, 1.807) is 0 Å². The molecule has 1 heteroatoms. The van der Waals surface area contributed by atoms with E-state index in [0.29, 0.717) is 5.92 Å². The molecule has 14 heavy (non-hydrogen) atoms. The van der Waals surface area contributed by atoms with Crippen LogP contribution in [-0.4, -0.2) is 11.2 Å². The van der Waals surface area contributed by atoms with Crippen LogP contribution in [0.25, 0.3) is 0 Å². The molecule has 0 saturated carbocycles. The lowest BCUT2D eigenvalue weighted by Gasteiger charge is -2.21. The van der Waals surface area contributed by atoms with Gasteiger partial charge in [-0.3, -0.25) is 0 Å². The van der Waals surface area contributed by atoms with E-state index < -0.39 is 0 Å². The minimum absolute atomic E-state index is 0.225. The first-order valence-electron chi connectivity index (χ1n) is 5.23. The molecule has 1 aromatic carbocycles. The summed E-state index contributed by atoms with van der Waals surface area (Å²) >= 11 is 0. The zero-order chi connectivity index (χ0) is 9.80. The Morgan fingerprint density at radius 1 is 1.21 bits per heavy atom. The van der Waals surface area contributed by atoms with Crippen LogP contribution in [0, 0.1) is 5.92 Å². The Kier molecular flexibility index (Phi) is 3.00. The fourth-order valence-electron chi connectivity index (χ4n) is 2.06. The van der Waals surface area contributed by atoms with Crippen molar-refractivity contribution in [2.75, 3.05) is 0 Å². The molecule has 0 spiro atoms. The molecule has 0 fully saturated rings. The standard InChI is InChI=1S/C13H16O/c14-13-8-4-7-12(10-13)9-11-5-2-1-3-6-11/h1-6,8,12-14H,7,9-10H2. The molecule has 1 aliphatic carbocycles. The third-order valence-electron chi connectivity index (χ3n) is 2.77. The summed E-state index contributed by atoms with van der Waals surface area (Å²) in [6.07, 6.45) is 6.88. The van der Waals surface area contributed by atoms with E-state index in [-0.39, 0.29) is 6.10 Å². The third kappa shape index (κ3) is 2.46. The quantitative estimate of drug-likeness (QED) is 0.707. The van der Waals surface area contributed by atoms with Crippen LogP contribution in [0.5, 0.6) is 0 Å². The third-order valence-corrected chi connectivity index (χ3v) is 2.77. The smallest absolute Gasteiger partial charge is 0.0723 e. The lowest BCUT2D eigenvalue weighted by Crippen LogP contribution is -2.16. The summed E-state index contributed by atoms with van der Waals surface area (Å²) < 4.78 is 0. The van der Waals surface area contributed by atoms with Gasteiger partial charge in [-0.05, 0) is 30.7 Å². The van der Waals surface area contributed by atoms with Crippen molar-refractivity contribution in [2.24, 2.45) is 5.92 Å². The first kappa shape index (κ1) is 9.47. The summed E-state index contributed by atoms with van der Waals surface area (Å²) in [6, 6.07) is 10.5. The van der Waals surface area contributed by atoms with E-state index in [0.717, 1.165) is 19.3 Å². The van der Waals surface area contributed by atoms with Gasteiger partial charge in [-0.15, -0.1) is 0 Å². The number of aliphatic hydroxyl groups excluding tert-OH is 1. The van der Waals surface area contributed by atoms with Gasteiger partial charge in [0.2, 0.25) is 0 Å². The SMILES string of the molecule is OC1C=CCC(Cc2ccccc2)C1. The second-order valence-electron chi connectivity index (χ2n) is 4.02. The van der Waals surface area contributed by atoms with Gasteiger partial charge in [0.1, 0.15) is 0 Å². The van der Waals surface area contributed by atoms with Crippen LogP contribution in [0.15, 0.2) is 42.5 Å². The minimum atomic E-state index is -0.225. The average Bonchev–Trinajstić information content (AvgIpc) is 2.19. The normalized spacial score (nSPS) is 26.4. The van der Waals surface area contributed by atoms with Crippen molar-refractivity contribution < 1.29 is 5.11 Å². The predicted molar refractivity (Wildman–Crippen MR) is 58.0 cm³/mol. The van der Waals surface area contributed by atoms with E-state index in [4.69, 9.17) is 0 Å². The summed E-state index contributed by atoms with van der Waals surface area (Å²) in [7, 11) is 0. The number of benzene rings is 1. The van der Waals surface area contributed by atoms with Crippen LogP contribution in [0.2, 0.25) is 0 Å². The lowest BCUT2D eigenvalue weighted by atomic mass is 9.87. The highest BCUT2D eigenvalue weighted by atomic mass is 16.3. The summed E-state index contributed by atoms with van der Waals surface area (Å²) in [5.41, 5.74) is 1.38. The molecule has 0 radical (unpaired) electrons. The Balaban J connectivity index is 1.96. The van der Waals surface area contributed by atoms with Crippen LogP contribution in [0.1, 0.15) is 18.4 Å². The number of allylic oxidation sites excluding steroid dienone is 1. The predicted octanol–water partition coefficient (Wildman–Crippen LogP) is 2.56. The molecule has 2 atom stereocenters. The molecule has 2 rings (SSSR count). The molecule has 2 unspecified atom stereocenters. The minimum Gasteiger partial charge on any atom is -0.389 e. The van der Waals surface area contributed by atoms with Crippen molar-refractivity contribution in [2.45, 2.75) is 25.4 Å². The van der Waals surface area contributed by atoms with Crippen molar-refractivity contribution in [3.63, 3.8) is 0 Å². The monoisotopic (exact) mass is 188 g/mol. The molecular formula is C13H16O. The number of aliphatic hydroxyl groups is 1. The number of hydrogen-bond donors (Lipinski definition) is 1. The van der Waals surface area contributed by atoms with Gasteiger partial charge in [-0.2, -0.15) is 0 Å². The summed E-state index contributed by atoms with van der Waals surface area (Å²) in [6.45, 7) is 0. The summed E-state index contributed by atoms with van der Waals surface area (Å²) in [5.74, 6) is 0.609. The van der Waals surface area contributed by atoms with E-state index in [2.05, 4.69) is 30.3 Å². The molecule has 0 saturated heterocycles. The van der Waals surface area contributed by atoms with E-state index in [9.17, 15) is 5.11 Å². The Labute approximate surface area is 85.1 Å². The van der Waals surface area contributed by atoms with Crippen molar-refractivity contribution in [1.82, 2.24) is 0 Å².